The van der Waals surface area contributed by atoms with Crippen molar-refractivity contribution in [2.24, 2.45) is 5.92 Å². The molecule has 2 heterocycles. The molecule has 1 aromatic carbocycles. The molecule has 7 nitrogen and oxygen atoms in total. The van der Waals surface area contributed by atoms with Gasteiger partial charge >= 0.3 is 0 Å². The van der Waals surface area contributed by atoms with Crippen molar-refractivity contribution in [3.63, 3.8) is 0 Å². The van der Waals surface area contributed by atoms with E-state index in [1.54, 1.807) is 11.6 Å². The average Bonchev–Trinajstić information content (AvgIpc) is 2.98. The molecule has 0 aliphatic carbocycles. The lowest BCUT2D eigenvalue weighted by Gasteiger charge is -2.27. The molecular formula is C17H21N5O2. The monoisotopic (exact) mass is 327 g/mol. The van der Waals surface area contributed by atoms with Crippen molar-refractivity contribution in [1.82, 2.24) is 19.7 Å². The minimum atomic E-state index is -0.910. The second-order valence-corrected chi connectivity index (χ2v) is 6.41. The lowest BCUT2D eigenvalue weighted by molar-refractivity contribution is 0.0265. The molecule has 0 amide bonds. The van der Waals surface area contributed by atoms with Gasteiger partial charge in [-0.25, -0.2) is 4.68 Å². The van der Waals surface area contributed by atoms with E-state index in [1.807, 2.05) is 44.2 Å². The summed E-state index contributed by atoms with van der Waals surface area (Å²) in [6, 6.07) is 9.50. The van der Waals surface area contributed by atoms with Crippen molar-refractivity contribution in [2.75, 3.05) is 11.9 Å². The van der Waals surface area contributed by atoms with Gasteiger partial charge < -0.3 is 10.4 Å². The van der Waals surface area contributed by atoms with Crippen LogP contribution >= 0.6 is 0 Å². The highest BCUT2D eigenvalue weighted by Gasteiger charge is 2.25. The van der Waals surface area contributed by atoms with Gasteiger partial charge in [0.05, 0.1) is 17.5 Å². The number of aromatic nitrogens is 4. The quantitative estimate of drug-likeness (QED) is 0.665. The van der Waals surface area contributed by atoms with Gasteiger partial charge in [0.15, 0.2) is 5.65 Å². The Balaban J connectivity index is 1.98. The van der Waals surface area contributed by atoms with E-state index in [0.717, 1.165) is 5.69 Å². The van der Waals surface area contributed by atoms with Crippen molar-refractivity contribution in [3.8, 4) is 5.69 Å². The van der Waals surface area contributed by atoms with Crippen molar-refractivity contribution < 1.29 is 5.11 Å². The Bertz CT molecular complexity index is 896. The fraction of sp³-hybridized carbons (Fsp3) is 0.353. The lowest BCUT2D eigenvalue weighted by atomic mass is 9.93. The van der Waals surface area contributed by atoms with Gasteiger partial charge in [0.1, 0.15) is 5.39 Å². The van der Waals surface area contributed by atoms with Gasteiger partial charge in [-0.1, -0.05) is 32.0 Å². The average molecular weight is 327 g/mol. The van der Waals surface area contributed by atoms with Crippen LogP contribution in [0.3, 0.4) is 0 Å². The zero-order valence-corrected chi connectivity index (χ0v) is 13.9. The van der Waals surface area contributed by atoms with Gasteiger partial charge in [-0.3, -0.25) is 9.78 Å². The summed E-state index contributed by atoms with van der Waals surface area (Å²) in [6.07, 6.45) is 1.50. The summed E-state index contributed by atoms with van der Waals surface area (Å²) in [5, 5.41) is 18.0. The molecule has 2 aromatic heterocycles. The minimum absolute atomic E-state index is 0.0651. The first-order chi connectivity index (χ1) is 11.4. The highest BCUT2D eigenvalue weighted by atomic mass is 16.3. The summed E-state index contributed by atoms with van der Waals surface area (Å²) < 4.78 is 1.62. The van der Waals surface area contributed by atoms with Crippen molar-refractivity contribution in [1.29, 1.82) is 0 Å². The largest absolute Gasteiger partial charge is 0.388 e. The predicted octanol–water partition coefficient (Wildman–Crippen LogP) is 1.93. The maximum Gasteiger partial charge on any atom is 0.263 e. The van der Waals surface area contributed by atoms with E-state index in [1.165, 1.54) is 6.20 Å². The summed E-state index contributed by atoms with van der Waals surface area (Å²) >= 11 is 0. The van der Waals surface area contributed by atoms with Crippen LogP contribution in [0.25, 0.3) is 16.7 Å². The maximum absolute atomic E-state index is 12.3. The van der Waals surface area contributed by atoms with Gasteiger partial charge in [0.2, 0.25) is 5.95 Å². The summed E-state index contributed by atoms with van der Waals surface area (Å²) in [6.45, 7) is 5.89. The molecule has 3 aromatic rings. The number of hydrogen-bond acceptors (Lipinski definition) is 5. The van der Waals surface area contributed by atoms with Gasteiger partial charge in [-0.15, -0.1) is 0 Å². The van der Waals surface area contributed by atoms with E-state index in [2.05, 4.69) is 20.4 Å². The van der Waals surface area contributed by atoms with Crippen LogP contribution in [0.15, 0.2) is 41.3 Å². The van der Waals surface area contributed by atoms with Crippen LogP contribution < -0.4 is 10.9 Å². The second-order valence-electron chi connectivity index (χ2n) is 6.41. The molecule has 1 atom stereocenters. The molecule has 0 saturated carbocycles. The third-order valence-corrected chi connectivity index (χ3v) is 4.30. The molecule has 0 aliphatic heterocycles. The molecule has 0 aliphatic rings. The van der Waals surface area contributed by atoms with Gasteiger partial charge in [0.25, 0.3) is 5.56 Å². The topological polar surface area (TPSA) is 95.8 Å². The Morgan fingerprint density at radius 3 is 2.71 bits per heavy atom. The fourth-order valence-electron chi connectivity index (χ4n) is 2.23. The second kappa shape index (κ2) is 6.09. The molecule has 1 unspecified atom stereocenters. The molecule has 0 radical (unpaired) electrons. The van der Waals surface area contributed by atoms with Crippen LogP contribution in [0.2, 0.25) is 0 Å². The lowest BCUT2D eigenvalue weighted by Crippen LogP contribution is -2.39. The zero-order valence-electron chi connectivity index (χ0n) is 13.9. The summed E-state index contributed by atoms with van der Waals surface area (Å²) in [4.78, 5) is 19.4. The summed E-state index contributed by atoms with van der Waals surface area (Å²) in [5.41, 5.74) is 0.115. The predicted molar refractivity (Wildman–Crippen MR) is 93.4 cm³/mol. The number of para-hydroxylation sites is 1. The molecule has 24 heavy (non-hydrogen) atoms. The molecule has 126 valence electrons. The van der Waals surface area contributed by atoms with Crippen molar-refractivity contribution >= 4 is 17.0 Å². The van der Waals surface area contributed by atoms with Crippen molar-refractivity contribution in [2.45, 2.75) is 26.4 Å². The van der Waals surface area contributed by atoms with E-state index in [0.29, 0.717) is 17.0 Å². The molecule has 7 heteroatoms. The van der Waals surface area contributed by atoms with Crippen LogP contribution in [0.5, 0.6) is 0 Å². The third kappa shape index (κ3) is 3.03. The first-order valence-electron chi connectivity index (χ1n) is 7.88. The van der Waals surface area contributed by atoms with Gasteiger partial charge in [0, 0.05) is 6.54 Å². The Morgan fingerprint density at radius 2 is 2.04 bits per heavy atom. The minimum Gasteiger partial charge on any atom is -0.388 e. The first-order valence-corrected chi connectivity index (χ1v) is 7.88. The Kier molecular flexibility index (Phi) is 4.11. The highest BCUT2D eigenvalue weighted by molar-refractivity contribution is 5.76. The molecule has 0 spiro atoms. The molecule has 0 bridgehead atoms. The van der Waals surface area contributed by atoms with Crippen LogP contribution in [-0.4, -0.2) is 37.0 Å². The molecule has 0 fully saturated rings. The maximum atomic E-state index is 12.3. The highest BCUT2D eigenvalue weighted by Crippen LogP contribution is 2.17. The normalized spacial score (nSPS) is 14.0. The van der Waals surface area contributed by atoms with Crippen LogP contribution in [0.4, 0.5) is 5.95 Å². The fourth-order valence-corrected chi connectivity index (χ4v) is 2.23. The van der Waals surface area contributed by atoms with Crippen LogP contribution in [0.1, 0.15) is 20.8 Å². The standard InChI is InChI=1S/C17H21N5O2/c1-11(2)17(3,24)10-18-16-20-14-13(15(23)21-16)9-19-22(14)12-7-5-4-6-8-12/h4-9,11,24H,10H2,1-3H3,(H2,18,20,21,23). The van der Waals surface area contributed by atoms with E-state index < -0.39 is 5.60 Å². The van der Waals surface area contributed by atoms with E-state index in [4.69, 9.17) is 0 Å². The number of aromatic amines is 1. The Morgan fingerprint density at radius 1 is 1.33 bits per heavy atom. The van der Waals surface area contributed by atoms with Crippen LogP contribution in [0, 0.1) is 5.92 Å². The molecule has 0 saturated heterocycles. The molecular weight excluding hydrogens is 306 g/mol. The number of nitrogens with one attached hydrogen (secondary N) is 2. The number of nitrogens with zero attached hydrogens (tertiary/aromatic N) is 3. The molecule has 3 rings (SSSR count). The van der Waals surface area contributed by atoms with E-state index >= 15 is 0 Å². The summed E-state index contributed by atoms with van der Waals surface area (Å²) in [7, 11) is 0. The van der Waals surface area contributed by atoms with Crippen molar-refractivity contribution in [3.05, 3.63) is 46.9 Å². The number of rotatable bonds is 5. The van der Waals surface area contributed by atoms with Gasteiger partial charge in [-0.2, -0.15) is 10.1 Å². The Hall–Kier alpha value is -2.67. The number of H-pyrrole nitrogens is 1. The number of aliphatic hydroxyl groups is 1. The number of benzene rings is 1. The first kappa shape index (κ1) is 16.2. The third-order valence-electron chi connectivity index (χ3n) is 4.30. The van der Waals surface area contributed by atoms with E-state index in [9.17, 15) is 9.90 Å². The Labute approximate surface area is 139 Å². The molecule has 3 N–H and O–H groups in total. The smallest absolute Gasteiger partial charge is 0.263 e. The zero-order chi connectivity index (χ0) is 17.3. The number of anilines is 1. The van der Waals surface area contributed by atoms with Gasteiger partial charge in [-0.05, 0) is 25.0 Å². The summed E-state index contributed by atoms with van der Waals surface area (Å²) in [5.74, 6) is 0.376. The number of fused-ring (bicyclic) bond motifs is 1. The van der Waals surface area contributed by atoms with Crippen LogP contribution in [-0.2, 0) is 0 Å². The SMILES string of the molecule is CC(C)C(C)(O)CNc1nc2c(cnn2-c2ccccc2)c(=O)[nH]1. The van der Waals surface area contributed by atoms with E-state index in [-0.39, 0.29) is 18.0 Å². The number of hydrogen-bond donors (Lipinski definition) is 3.